The zero-order valence-electron chi connectivity index (χ0n) is 13.1. The summed E-state index contributed by atoms with van der Waals surface area (Å²) >= 11 is 0. The lowest BCUT2D eigenvalue weighted by Crippen LogP contribution is -2.31. The van der Waals surface area contributed by atoms with Crippen LogP contribution in [0.2, 0.25) is 0 Å². The zero-order chi connectivity index (χ0) is 16.2. The van der Waals surface area contributed by atoms with Crippen LogP contribution in [-0.4, -0.2) is 23.6 Å². The molecule has 0 aliphatic carbocycles. The van der Waals surface area contributed by atoms with Crippen LogP contribution in [0.15, 0.2) is 33.7 Å². The summed E-state index contributed by atoms with van der Waals surface area (Å²) in [5.41, 5.74) is 1.19. The highest BCUT2D eigenvalue weighted by molar-refractivity contribution is 5.83. The van der Waals surface area contributed by atoms with Gasteiger partial charge in [0.25, 0.3) is 5.56 Å². The summed E-state index contributed by atoms with van der Waals surface area (Å²) in [4.78, 5) is 24.0. The van der Waals surface area contributed by atoms with Gasteiger partial charge in [0.1, 0.15) is 11.3 Å². The molecule has 122 valence electrons. The Labute approximate surface area is 134 Å². The molecular formula is C17H20N2O4. The van der Waals surface area contributed by atoms with Gasteiger partial charge in [-0.25, -0.2) is 0 Å². The third-order valence-corrected chi connectivity index (χ3v) is 4.11. The molecule has 1 saturated heterocycles. The Bertz CT molecular complexity index is 728. The number of nitrogens with zero attached hydrogens (tertiary/aromatic N) is 1. The lowest BCUT2D eigenvalue weighted by Gasteiger charge is -2.17. The van der Waals surface area contributed by atoms with Gasteiger partial charge in [0, 0.05) is 12.3 Å². The fraction of sp³-hybridized carbons (Fsp3) is 0.412. The molecule has 3 rings (SSSR count). The molecule has 0 amide bonds. The minimum atomic E-state index is -0.280. The van der Waals surface area contributed by atoms with Crippen molar-refractivity contribution in [3.8, 4) is 0 Å². The van der Waals surface area contributed by atoms with Crippen LogP contribution in [0.5, 0.6) is 0 Å². The molecule has 1 fully saturated rings. The molecule has 23 heavy (non-hydrogen) atoms. The summed E-state index contributed by atoms with van der Waals surface area (Å²) in [6.45, 7) is 3.51. The Balaban J connectivity index is 1.85. The van der Waals surface area contributed by atoms with Crippen molar-refractivity contribution in [3.05, 3.63) is 51.8 Å². The fourth-order valence-electron chi connectivity index (χ4n) is 2.86. The summed E-state index contributed by atoms with van der Waals surface area (Å²) in [6.07, 6.45) is 4.20. The first-order chi connectivity index (χ1) is 11.2. The SMILES string of the molecule is Cc1cc(NCc2ccco2)c(C=O)c(=O)n1CC1CCCO1. The van der Waals surface area contributed by atoms with Crippen molar-refractivity contribution in [2.75, 3.05) is 11.9 Å². The summed E-state index contributed by atoms with van der Waals surface area (Å²) < 4.78 is 12.5. The predicted molar refractivity (Wildman–Crippen MR) is 85.8 cm³/mol. The van der Waals surface area contributed by atoms with Gasteiger partial charge in [-0.15, -0.1) is 0 Å². The highest BCUT2D eigenvalue weighted by atomic mass is 16.5. The van der Waals surface area contributed by atoms with Crippen LogP contribution in [0.1, 0.15) is 34.7 Å². The maximum atomic E-state index is 12.6. The van der Waals surface area contributed by atoms with Gasteiger partial charge in [-0.1, -0.05) is 0 Å². The number of aldehydes is 1. The van der Waals surface area contributed by atoms with E-state index in [-0.39, 0.29) is 17.2 Å². The highest BCUT2D eigenvalue weighted by Gasteiger charge is 2.19. The molecule has 0 radical (unpaired) electrons. The number of carbonyl (C=O) groups is 1. The molecule has 2 aromatic heterocycles. The van der Waals surface area contributed by atoms with Crippen LogP contribution in [0.3, 0.4) is 0 Å². The Hall–Kier alpha value is -2.34. The van der Waals surface area contributed by atoms with E-state index in [2.05, 4.69) is 5.32 Å². The van der Waals surface area contributed by atoms with Crippen molar-refractivity contribution in [3.63, 3.8) is 0 Å². The van der Waals surface area contributed by atoms with E-state index in [0.29, 0.717) is 25.1 Å². The molecule has 1 atom stereocenters. The molecule has 1 aliphatic rings. The molecule has 1 aliphatic heterocycles. The molecule has 0 spiro atoms. The number of nitrogens with one attached hydrogen (secondary N) is 1. The maximum Gasteiger partial charge on any atom is 0.263 e. The monoisotopic (exact) mass is 316 g/mol. The van der Waals surface area contributed by atoms with Crippen molar-refractivity contribution in [2.24, 2.45) is 0 Å². The molecule has 3 heterocycles. The van der Waals surface area contributed by atoms with E-state index in [0.717, 1.165) is 30.9 Å². The maximum absolute atomic E-state index is 12.6. The highest BCUT2D eigenvalue weighted by Crippen LogP contribution is 2.18. The van der Waals surface area contributed by atoms with Crippen molar-refractivity contribution < 1.29 is 13.9 Å². The van der Waals surface area contributed by atoms with Crippen LogP contribution >= 0.6 is 0 Å². The Morgan fingerprint density at radius 3 is 3.00 bits per heavy atom. The minimum absolute atomic E-state index is 0.0489. The van der Waals surface area contributed by atoms with Crippen LogP contribution in [-0.2, 0) is 17.8 Å². The lowest BCUT2D eigenvalue weighted by atomic mass is 10.1. The van der Waals surface area contributed by atoms with Gasteiger partial charge in [0.05, 0.1) is 31.1 Å². The van der Waals surface area contributed by atoms with E-state index in [1.54, 1.807) is 16.9 Å². The number of aryl methyl sites for hydroxylation is 1. The average molecular weight is 316 g/mol. The van der Waals surface area contributed by atoms with Crippen LogP contribution < -0.4 is 10.9 Å². The largest absolute Gasteiger partial charge is 0.467 e. The van der Waals surface area contributed by atoms with E-state index in [1.807, 2.05) is 19.1 Å². The van der Waals surface area contributed by atoms with Gasteiger partial charge in [0.15, 0.2) is 6.29 Å². The van der Waals surface area contributed by atoms with Crippen molar-refractivity contribution in [2.45, 2.75) is 39.0 Å². The molecule has 2 aromatic rings. The third-order valence-electron chi connectivity index (χ3n) is 4.11. The first-order valence-corrected chi connectivity index (χ1v) is 7.76. The number of hydrogen-bond acceptors (Lipinski definition) is 5. The summed E-state index contributed by atoms with van der Waals surface area (Å²) in [6, 6.07) is 5.45. The second kappa shape index (κ2) is 6.83. The van der Waals surface area contributed by atoms with Gasteiger partial charge in [-0.05, 0) is 38.0 Å². The van der Waals surface area contributed by atoms with E-state index in [1.165, 1.54) is 0 Å². The zero-order valence-corrected chi connectivity index (χ0v) is 13.1. The second-order valence-corrected chi connectivity index (χ2v) is 5.71. The number of aromatic nitrogens is 1. The number of pyridine rings is 1. The molecular weight excluding hydrogens is 296 g/mol. The van der Waals surface area contributed by atoms with E-state index < -0.39 is 0 Å². The standard InChI is InChI=1S/C17H20N2O4/c1-12-8-16(18-9-13-4-2-6-22-13)15(11-20)17(21)19(12)10-14-5-3-7-23-14/h2,4,6,8,11,14,18H,3,5,7,9-10H2,1H3. The summed E-state index contributed by atoms with van der Waals surface area (Å²) in [5, 5.41) is 3.10. The Morgan fingerprint density at radius 1 is 1.48 bits per heavy atom. The number of hydrogen-bond donors (Lipinski definition) is 1. The van der Waals surface area contributed by atoms with Crippen molar-refractivity contribution in [1.29, 1.82) is 0 Å². The fourth-order valence-corrected chi connectivity index (χ4v) is 2.86. The normalized spacial score (nSPS) is 17.3. The quantitative estimate of drug-likeness (QED) is 0.828. The average Bonchev–Trinajstić information content (AvgIpc) is 3.22. The van der Waals surface area contributed by atoms with Crippen molar-refractivity contribution >= 4 is 12.0 Å². The van der Waals surface area contributed by atoms with Crippen molar-refractivity contribution in [1.82, 2.24) is 4.57 Å². The molecule has 6 nitrogen and oxygen atoms in total. The summed E-state index contributed by atoms with van der Waals surface area (Å²) in [5.74, 6) is 0.739. The molecule has 6 heteroatoms. The van der Waals surface area contributed by atoms with Crippen LogP contribution in [0.4, 0.5) is 5.69 Å². The van der Waals surface area contributed by atoms with Gasteiger partial charge in [-0.3, -0.25) is 9.59 Å². The molecule has 0 saturated carbocycles. The number of furan rings is 1. The van der Waals surface area contributed by atoms with E-state index in [9.17, 15) is 9.59 Å². The smallest absolute Gasteiger partial charge is 0.263 e. The first-order valence-electron chi connectivity index (χ1n) is 7.76. The topological polar surface area (TPSA) is 73.5 Å². The number of ether oxygens (including phenoxy) is 1. The Kier molecular flexibility index (Phi) is 4.62. The third kappa shape index (κ3) is 3.37. The predicted octanol–water partition coefficient (Wildman–Crippen LogP) is 2.35. The molecule has 1 unspecified atom stereocenters. The van der Waals surface area contributed by atoms with Gasteiger partial charge < -0.3 is 19.0 Å². The molecule has 0 aromatic carbocycles. The van der Waals surface area contributed by atoms with E-state index in [4.69, 9.17) is 9.15 Å². The number of anilines is 1. The molecule has 1 N–H and O–H groups in total. The van der Waals surface area contributed by atoms with Crippen LogP contribution in [0, 0.1) is 6.92 Å². The van der Waals surface area contributed by atoms with Gasteiger partial charge >= 0.3 is 0 Å². The molecule has 0 bridgehead atoms. The first kappa shape index (κ1) is 15.6. The summed E-state index contributed by atoms with van der Waals surface area (Å²) in [7, 11) is 0. The van der Waals surface area contributed by atoms with Gasteiger partial charge in [-0.2, -0.15) is 0 Å². The van der Waals surface area contributed by atoms with Gasteiger partial charge in [0.2, 0.25) is 0 Å². The number of rotatable bonds is 6. The van der Waals surface area contributed by atoms with E-state index >= 15 is 0 Å². The second-order valence-electron chi connectivity index (χ2n) is 5.71. The number of carbonyl (C=O) groups excluding carboxylic acids is 1. The minimum Gasteiger partial charge on any atom is -0.467 e. The van der Waals surface area contributed by atoms with Crippen LogP contribution in [0.25, 0.3) is 0 Å². The Morgan fingerprint density at radius 2 is 2.35 bits per heavy atom. The lowest BCUT2D eigenvalue weighted by molar-refractivity contribution is 0.0953.